The molecule has 0 aliphatic carbocycles. The minimum absolute atomic E-state index is 0.0700. The Labute approximate surface area is 134 Å². The Hall–Kier alpha value is -1.95. The van der Waals surface area contributed by atoms with Crippen molar-refractivity contribution in [1.82, 2.24) is 10.2 Å². The molecule has 1 fully saturated rings. The van der Waals surface area contributed by atoms with Gasteiger partial charge in [0.1, 0.15) is 0 Å². The molecule has 6 nitrogen and oxygen atoms in total. The molecule has 0 atom stereocenters. The van der Waals surface area contributed by atoms with E-state index in [4.69, 9.17) is 16.7 Å². The molecule has 1 aromatic carbocycles. The number of hydrogen-bond donors (Lipinski definition) is 2. The summed E-state index contributed by atoms with van der Waals surface area (Å²) in [6.45, 7) is 3.08. The van der Waals surface area contributed by atoms with Crippen LogP contribution in [0.5, 0.6) is 0 Å². The third-order valence-electron chi connectivity index (χ3n) is 3.60. The SMILES string of the molecule is O=C(O)CCCNC(=O)N1CCN(c2ccccc2Cl)CC1. The maximum Gasteiger partial charge on any atom is 0.317 e. The highest BCUT2D eigenvalue weighted by Gasteiger charge is 2.21. The van der Waals surface area contributed by atoms with Crippen molar-refractivity contribution in [2.75, 3.05) is 37.6 Å². The van der Waals surface area contributed by atoms with Crippen molar-refractivity contribution < 1.29 is 14.7 Å². The molecule has 1 saturated heterocycles. The number of aliphatic carboxylic acids is 1. The lowest BCUT2D eigenvalue weighted by Gasteiger charge is -2.36. The van der Waals surface area contributed by atoms with Crippen LogP contribution in [0, 0.1) is 0 Å². The summed E-state index contributed by atoms with van der Waals surface area (Å²) in [5, 5.41) is 12.0. The van der Waals surface area contributed by atoms with Crippen molar-refractivity contribution in [3.63, 3.8) is 0 Å². The number of amides is 2. The van der Waals surface area contributed by atoms with Gasteiger partial charge >= 0.3 is 12.0 Å². The van der Waals surface area contributed by atoms with Gasteiger partial charge in [-0.3, -0.25) is 4.79 Å². The van der Waals surface area contributed by atoms with Crippen LogP contribution in [0.15, 0.2) is 24.3 Å². The number of nitrogens with zero attached hydrogens (tertiary/aromatic N) is 2. The van der Waals surface area contributed by atoms with Crippen LogP contribution in [-0.2, 0) is 4.79 Å². The standard InChI is InChI=1S/C15H20ClN3O3/c16-12-4-1-2-5-13(12)18-8-10-19(11-9-18)15(22)17-7-3-6-14(20)21/h1-2,4-5H,3,6-11H2,(H,17,22)(H,20,21). The molecule has 1 heterocycles. The Morgan fingerprint density at radius 2 is 1.86 bits per heavy atom. The largest absolute Gasteiger partial charge is 0.481 e. The van der Waals surface area contributed by atoms with E-state index in [0.717, 1.165) is 18.8 Å². The molecule has 2 N–H and O–H groups in total. The van der Waals surface area contributed by atoms with E-state index in [9.17, 15) is 9.59 Å². The van der Waals surface area contributed by atoms with Crippen LogP contribution in [0.3, 0.4) is 0 Å². The summed E-state index contributed by atoms with van der Waals surface area (Å²) >= 11 is 6.18. The highest BCUT2D eigenvalue weighted by molar-refractivity contribution is 6.33. The Bertz CT molecular complexity index is 531. The van der Waals surface area contributed by atoms with Gasteiger partial charge in [-0.05, 0) is 18.6 Å². The molecule has 2 amide bonds. The Balaban J connectivity index is 1.76. The number of carboxylic acids is 1. The third kappa shape index (κ3) is 4.53. The fourth-order valence-corrected chi connectivity index (χ4v) is 2.66. The Morgan fingerprint density at radius 1 is 1.18 bits per heavy atom. The lowest BCUT2D eigenvalue weighted by Crippen LogP contribution is -2.52. The molecule has 0 unspecified atom stereocenters. The first-order valence-electron chi connectivity index (χ1n) is 7.32. The number of para-hydroxylation sites is 1. The molecule has 22 heavy (non-hydrogen) atoms. The number of benzene rings is 1. The van der Waals surface area contributed by atoms with Crippen molar-refractivity contribution in [2.45, 2.75) is 12.8 Å². The zero-order chi connectivity index (χ0) is 15.9. The van der Waals surface area contributed by atoms with Crippen molar-refractivity contribution in [1.29, 1.82) is 0 Å². The average Bonchev–Trinajstić information content (AvgIpc) is 2.52. The van der Waals surface area contributed by atoms with Gasteiger partial charge in [0.2, 0.25) is 0 Å². The van der Waals surface area contributed by atoms with Gasteiger partial charge < -0.3 is 20.2 Å². The number of nitrogens with one attached hydrogen (secondary N) is 1. The fourth-order valence-electron chi connectivity index (χ4n) is 2.41. The summed E-state index contributed by atoms with van der Waals surface area (Å²) in [7, 11) is 0. The normalized spacial score (nSPS) is 14.8. The highest BCUT2D eigenvalue weighted by atomic mass is 35.5. The van der Waals surface area contributed by atoms with E-state index in [1.54, 1.807) is 4.90 Å². The van der Waals surface area contributed by atoms with Gasteiger partial charge in [0.15, 0.2) is 0 Å². The van der Waals surface area contributed by atoms with E-state index < -0.39 is 5.97 Å². The molecule has 120 valence electrons. The molecule has 0 radical (unpaired) electrons. The second-order valence-corrected chi connectivity index (χ2v) is 5.56. The minimum Gasteiger partial charge on any atom is -0.481 e. The fraction of sp³-hybridized carbons (Fsp3) is 0.467. The summed E-state index contributed by atoms with van der Waals surface area (Å²) < 4.78 is 0. The van der Waals surface area contributed by atoms with Crippen molar-refractivity contribution in [2.24, 2.45) is 0 Å². The number of halogens is 1. The quantitative estimate of drug-likeness (QED) is 0.813. The van der Waals surface area contributed by atoms with E-state index in [0.29, 0.717) is 31.1 Å². The molecule has 7 heteroatoms. The summed E-state index contributed by atoms with van der Waals surface area (Å²) in [5.74, 6) is -0.845. The molecule has 0 bridgehead atoms. The second kappa shape index (κ2) is 7.89. The van der Waals surface area contributed by atoms with Crippen LogP contribution in [0.2, 0.25) is 5.02 Å². The first-order chi connectivity index (χ1) is 10.6. The predicted molar refractivity (Wildman–Crippen MR) is 85.5 cm³/mol. The summed E-state index contributed by atoms with van der Waals surface area (Å²) in [6, 6.07) is 7.54. The van der Waals surface area contributed by atoms with Gasteiger partial charge in [-0.15, -0.1) is 0 Å². The maximum atomic E-state index is 12.0. The number of hydrogen-bond acceptors (Lipinski definition) is 3. The third-order valence-corrected chi connectivity index (χ3v) is 3.92. The number of anilines is 1. The molecule has 0 saturated carbocycles. The number of rotatable bonds is 5. The average molecular weight is 326 g/mol. The highest BCUT2D eigenvalue weighted by Crippen LogP contribution is 2.25. The predicted octanol–water partition coefficient (Wildman–Crippen LogP) is 2.04. The summed E-state index contributed by atoms with van der Waals surface area (Å²) in [6.07, 6.45) is 0.515. The molecular weight excluding hydrogens is 306 g/mol. The Kier molecular flexibility index (Phi) is 5.89. The van der Waals surface area contributed by atoms with Gasteiger partial charge in [-0.1, -0.05) is 23.7 Å². The molecule has 0 spiro atoms. The van der Waals surface area contributed by atoms with Crippen LogP contribution in [0.25, 0.3) is 0 Å². The Morgan fingerprint density at radius 3 is 2.50 bits per heavy atom. The van der Waals surface area contributed by atoms with Crippen molar-refractivity contribution >= 4 is 29.3 Å². The minimum atomic E-state index is -0.845. The van der Waals surface area contributed by atoms with E-state index in [1.807, 2.05) is 24.3 Å². The monoisotopic (exact) mass is 325 g/mol. The summed E-state index contributed by atoms with van der Waals surface area (Å²) in [5.41, 5.74) is 0.991. The number of carbonyl (C=O) groups is 2. The van der Waals surface area contributed by atoms with Crippen LogP contribution < -0.4 is 10.2 Å². The lowest BCUT2D eigenvalue weighted by molar-refractivity contribution is -0.137. The van der Waals surface area contributed by atoms with Crippen LogP contribution in [0.4, 0.5) is 10.5 Å². The summed E-state index contributed by atoms with van der Waals surface area (Å²) in [4.78, 5) is 26.3. The van der Waals surface area contributed by atoms with E-state index in [2.05, 4.69) is 10.2 Å². The zero-order valence-corrected chi connectivity index (χ0v) is 13.1. The van der Waals surface area contributed by atoms with Gasteiger partial charge in [-0.25, -0.2) is 4.79 Å². The van der Waals surface area contributed by atoms with E-state index >= 15 is 0 Å². The van der Waals surface area contributed by atoms with E-state index in [-0.39, 0.29) is 12.5 Å². The first kappa shape index (κ1) is 16.4. The van der Waals surface area contributed by atoms with Gasteiger partial charge in [0, 0.05) is 39.1 Å². The van der Waals surface area contributed by atoms with Crippen molar-refractivity contribution in [3.05, 3.63) is 29.3 Å². The van der Waals surface area contributed by atoms with Crippen LogP contribution >= 0.6 is 11.6 Å². The molecule has 2 rings (SSSR count). The smallest absolute Gasteiger partial charge is 0.317 e. The van der Waals surface area contributed by atoms with Gasteiger partial charge in [0.25, 0.3) is 0 Å². The number of urea groups is 1. The van der Waals surface area contributed by atoms with Gasteiger partial charge in [-0.2, -0.15) is 0 Å². The number of carboxylic acid groups (broad SMARTS) is 1. The first-order valence-corrected chi connectivity index (χ1v) is 7.70. The second-order valence-electron chi connectivity index (χ2n) is 5.15. The molecule has 1 aromatic rings. The van der Waals surface area contributed by atoms with E-state index in [1.165, 1.54) is 0 Å². The molecule has 1 aliphatic heterocycles. The molecular formula is C15H20ClN3O3. The molecule has 0 aromatic heterocycles. The number of carbonyl (C=O) groups excluding carboxylic acids is 1. The zero-order valence-electron chi connectivity index (χ0n) is 12.3. The van der Waals surface area contributed by atoms with Crippen LogP contribution in [-0.4, -0.2) is 54.7 Å². The topological polar surface area (TPSA) is 72.9 Å². The van der Waals surface area contributed by atoms with Crippen molar-refractivity contribution in [3.8, 4) is 0 Å². The van der Waals surface area contributed by atoms with Crippen LogP contribution in [0.1, 0.15) is 12.8 Å². The molecule has 1 aliphatic rings. The van der Waals surface area contributed by atoms with Gasteiger partial charge in [0.05, 0.1) is 10.7 Å². The maximum absolute atomic E-state index is 12.0. The lowest BCUT2D eigenvalue weighted by atomic mass is 10.2. The number of piperazine rings is 1.